The molecule has 0 aliphatic carbocycles. The molecule has 0 saturated carbocycles. The van der Waals surface area contributed by atoms with Gasteiger partial charge in [-0.25, -0.2) is 17.5 Å². The van der Waals surface area contributed by atoms with Crippen LogP contribution in [-0.4, -0.2) is 20.2 Å². The molecule has 0 atom stereocenters. The number of hydrogen-bond donors (Lipinski definition) is 2. The maximum absolute atomic E-state index is 15.2. The molecular weight excluding hydrogens is 568 g/mol. The molecular formula is C24H17Cl3FN3O5S. The number of carbonyl (C=O) groups is 2. The molecule has 0 bridgehead atoms. The summed E-state index contributed by atoms with van der Waals surface area (Å²) < 4.78 is 47.1. The standard InChI is InChI=1S/C24H17Cl3FN3O5S/c1-2-21(32)31-37(34,35)17-4-6-20(19(27)11-17)30-22(33)9-14-3-5-18(26)24(23(14)28)36-16-8-13(12-29)7-15(25)10-16/h3-8,10-11H,2,9H2,1H3,(H,30,33)(H,31,32). The molecule has 0 spiro atoms. The second kappa shape index (κ2) is 11.8. The SMILES string of the molecule is CCC(=O)NS(=O)(=O)c1ccc(NC(=O)Cc2ccc(Cl)c(Oc3cc(Cl)cc(C#N)c3)c2F)c(Cl)c1. The van der Waals surface area contributed by atoms with Gasteiger partial charge in [-0.1, -0.05) is 47.8 Å². The number of amides is 2. The number of benzene rings is 3. The van der Waals surface area contributed by atoms with Gasteiger partial charge in [0.15, 0.2) is 11.6 Å². The van der Waals surface area contributed by atoms with Crippen LogP contribution in [0.4, 0.5) is 10.1 Å². The maximum Gasteiger partial charge on any atom is 0.264 e. The molecule has 37 heavy (non-hydrogen) atoms. The van der Waals surface area contributed by atoms with Crippen LogP contribution in [0.3, 0.4) is 0 Å². The zero-order valence-electron chi connectivity index (χ0n) is 18.9. The number of ether oxygens (including phenoxy) is 1. The summed E-state index contributed by atoms with van der Waals surface area (Å²) in [5.41, 5.74) is 0.205. The highest BCUT2D eigenvalue weighted by atomic mass is 35.5. The zero-order chi connectivity index (χ0) is 27.3. The van der Waals surface area contributed by atoms with Crippen LogP contribution in [0.5, 0.6) is 11.5 Å². The topological polar surface area (TPSA) is 125 Å². The minimum Gasteiger partial charge on any atom is -0.453 e. The third-order valence-corrected chi connectivity index (χ3v) is 6.99. The Morgan fingerprint density at radius 2 is 1.76 bits per heavy atom. The number of carbonyl (C=O) groups excluding carboxylic acids is 2. The van der Waals surface area contributed by atoms with Gasteiger partial charge in [0.05, 0.1) is 38.7 Å². The van der Waals surface area contributed by atoms with Gasteiger partial charge in [-0.2, -0.15) is 5.26 Å². The minimum atomic E-state index is -4.13. The quantitative estimate of drug-likeness (QED) is 0.342. The number of nitriles is 1. The van der Waals surface area contributed by atoms with Crippen molar-refractivity contribution < 1.29 is 27.1 Å². The lowest BCUT2D eigenvalue weighted by atomic mass is 10.1. The lowest BCUT2D eigenvalue weighted by Crippen LogP contribution is -2.29. The Hall–Kier alpha value is -3.36. The molecule has 0 unspecified atom stereocenters. The van der Waals surface area contributed by atoms with E-state index in [-0.39, 0.29) is 54.7 Å². The predicted molar refractivity (Wildman–Crippen MR) is 137 cm³/mol. The van der Waals surface area contributed by atoms with Crippen molar-refractivity contribution in [3.8, 4) is 17.6 Å². The summed E-state index contributed by atoms with van der Waals surface area (Å²) >= 11 is 18.2. The van der Waals surface area contributed by atoms with Crippen molar-refractivity contribution in [1.82, 2.24) is 4.72 Å². The summed E-state index contributed by atoms with van der Waals surface area (Å²) in [7, 11) is -4.13. The Bertz CT molecular complexity index is 1540. The van der Waals surface area contributed by atoms with Gasteiger partial charge in [-0.3, -0.25) is 9.59 Å². The highest BCUT2D eigenvalue weighted by molar-refractivity contribution is 7.90. The molecule has 0 aliphatic heterocycles. The van der Waals surface area contributed by atoms with Gasteiger partial charge < -0.3 is 10.1 Å². The van der Waals surface area contributed by atoms with Gasteiger partial charge in [-0.05, 0) is 42.5 Å². The van der Waals surface area contributed by atoms with Crippen molar-refractivity contribution in [2.45, 2.75) is 24.7 Å². The van der Waals surface area contributed by atoms with Crippen molar-refractivity contribution in [3.05, 3.63) is 80.5 Å². The van der Waals surface area contributed by atoms with E-state index in [0.717, 1.165) is 12.1 Å². The fourth-order valence-corrected chi connectivity index (χ4v) is 4.80. The molecule has 0 saturated heterocycles. The Balaban J connectivity index is 1.78. The first-order valence-corrected chi connectivity index (χ1v) is 13.1. The molecule has 3 aromatic rings. The van der Waals surface area contributed by atoms with E-state index in [2.05, 4.69) is 5.32 Å². The number of anilines is 1. The fourth-order valence-electron chi connectivity index (χ4n) is 3.02. The molecule has 0 heterocycles. The first-order valence-electron chi connectivity index (χ1n) is 10.4. The summed E-state index contributed by atoms with van der Waals surface area (Å²) in [5.74, 6) is -2.55. The van der Waals surface area contributed by atoms with Gasteiger partial charge >= 0.3 is 0 Å². The Labute approximate surface area is 227 Å². The van der Waals surface area contributed by atoms with Crippen molar-refractivity contribution in [3.63, 3.8) is 0 Å². The lowest BCUT2D eigenvalue weighted by molar-refractivity contribution is -0.119. The zero-order valence-corrected chi connectivity index (χ0v) is 22.0. The molecule has 3 aromatic carbocycles. The molecule has 2 N–H and O–H groups in total. The number of hydrogen-bond acceptors (Lipinski definition) is 6. The van der Waals surface area contributed by atoms with Gasteiger partial charge in [-0.15, -0.1) is 0 Å². The Morgan fingerprint density at radius 3 is 2.41 bits per heavy atom. The second-order valence-corrected chi connectivity index (χ2v) is 10.4. The summed E-state index contributed by atoms with van der Waals surface area (Å²) in [6, 6.07) is 12.1. The molecule has 0 aromatic heterocycles. The van der Waals surface area contributed by atoms with Crippen molar-refractivity contribution in [2.75, 3.05) is 5.32 Å². The van der Waals surface area contributed by atoms with Gasteiger partial charge in [0.2, 0.25) is 11.8 Å². The molecule has 192 valence electrons. The average molecular weight is 585 g/mol. The van der Waals surface area contributed by atoms with Crippen LogP contribution in [-0.2, 0) is 26.0 Å². The number of nitrogens with zero attached hydrogens (tertiary/aromatic N) is 1. The number of nitrogens with one attached hydrogen (secondary N) is 2. The Kier molecular flexibility index (Phi) is 8.99. The van der Waals surface area contributed by atoms with E-state index in [9.17, 15) is 18.0 Å². The number of halogens is 4. The first-order chi connectivity index (χ1) is 17.4. The van der Waals surface area contributed by atoms with Gasteiger partial charge in [0.1, 0.15) is 5.75 Å². The van der Waals surface area contributed by atoms with E-state index in [0.29, 0.717) is 0 Å². The number of rotatable bonds is 8. The van der Waals surface area contributed by atoms with Crippen LogP contribution in [0, 0.1) is 17.1 Å². The molecule has 0 radical (unpaired) electrons. The molecule has 8 nitrogen and oxygen atoms in total. The summed E-state index contributed by atoms with van der Waals surface area (Å²) in [4.78, 5) is 23.8. The van der Waals surface area contributed by atoms with E-state index < -0.39 is 34.1 Å². The highest BCUT2D eigenvalue weighted by Crippen LogP contribution is 2.35. The van der Waals surface area contributed by atoms with Crippen molar-refractivity contribution in [1.29, 1.82) is 5.26 Å². The smallest absolute Gasteiger partial charge is 0.264 e. The van der Waals surface area contributed by atoms with E-state index in [1.54, 1.807) is 0 Å². The van der Waals surface area contributed by atoms with Crippen LogP contribution in [0.25, 0.3) is 0 Å². The van der Waals surface area contributed by atoms with Gasteiger partial charge in [0, 0.05) is 17.0 Å². The lowest BCUT2D eigenvalue weighted by Gasteiger charge is -2.13. The van der Waals surface area contributed by atoms with Crippen LogP contribution in [0.1, 0.15) is 24.5 Å². The van der Waals surface area contributed by atoms with Crippen molar-refractivity contribution >= 4 is 62.3 Å². The van der Waals surface area contributed by atoms with Crippen LogP contribution in [0.2, 0.25) is 15.1 Å². The van der Waals surface area contributed by atoms with Crippen LogP contribution < -0.4 is 14.8 Å². The summed E-state index contributed by atoms with van der Waals surface area (Å²) in [6.45, 7) is 1.50. The molecule has 3 rings (SSSR count). The van der Waals surface area contributed by atoms with E-state index in [1.165, 1.54) is 43.3 Å². The summed E-state index contributed by atoms with van der Waals surface area (Å²) in [5, 5.41) is 11.6. The second-order valence-electron chi connectivity index (χ2n) is 7.49. The summed E-state index contributed by atoms with van der Waals surface area (Å²) in [6.07, 6.45) is -0.476. The monoisotopic (exact) mass is 583 g/mol. The minimum absolute atomic E-state index is 0.0326. The largest absolute Gasteiger partial charge is 0.453 e. The van der Waals surface area contributed by atoms with E-state index in [1.807, 2.05) is 10.8 Å². The third kappa shape index (κ3) is 7.11. The molecule has 2 amide bonds. The molecule has 0 fully saturated rings. The average Bonchev–Trinajstić information content (AvgIpc) is 2.84. The fraction of sp³-hybridized carbons (Fsp3) is 0.125. The van der Waals surface area contributed by atoms with E-state index >= 15 is 4.39 Å². The van der Waals surface area contributed by atoms with Crippen molar-refractivity contribution in [2.24, 2.45) is 0 Å². The molecule has 13 heteroatoms. The van der Waals surface area contributed by atoms with Crippen LogP contribution >= 0.6 is 34.8 Å². The third-order valence-electron chi connectivity index (χ3n) is 4.79. The first kappa shape index (κ1) is 28.2. The van der Waals surface area contributed by atoms with Crippen LogP contribution in [0.15, 0.2) is 53.4 Å². The number of sulfonamides is 1. The van der Waals surface area contributed by atoms with Gasteiger partial charge in [0.25, 0.3) is 10.0 Å². The molecule has 0 aliphatic rings. The predicted octanol–water partition coefficient (Wildman–Crippen LogP) is 5.85. The maximum atomic E-state index is 15.2. The normalized spacial score (nSPS) is 10.9. The Morgan fingerprint density at radius 1 is 1.03 bits per heavy atom. The van der Waals surface area contributed by atoms with E-state index in [4.69, 9.17) is 44.8 Å². The highest BCUT2D eigenvalue weighted by Gasteiger charge is 2.20.